The molecule has 24 heavy (non-hydrogen) atoms. The lowest BCUT2D eigenvalue weighted by Gasteiger charge is -2.35. The van der Waals surface area contributed by atoms with Crippen LogP contribution in [0.15, 0.2) is 40.8 Å². The van der Waals surface area contributed by atoms with Crippen LogP contribution >= 0.6 is 0 Å². The van der Waals surface area contributed by atoms with E-state index < -0.39 is 0 Å². The van der Waals surface area contributed by atoms with Gasteiger partial charge >= 0.3 is 5.97 Å². The Balaban J connectivity index is 1.48. The number of rotatable bonds is 5. The summed E-state index contributed by atoms with van der Waals surface area (Å²) in [6.07, 6.45) is 0. The maximum atomic E-state index is 13.0. The van der Waals surface area contributed by atoms with Crippen LogP contribution in [0.25, 0.3) is 0 Å². The molecule has 0 N–H and O–H groups in total. The minimum absolute atomic E-state index is 0.174. The van der Waals surface area contributed by atoms with Crippen LogP contribution in [-0.4, -0.2) is 37.0 Å². The second-order valence-electron chi connectivity index (χ2n) is 5.89. The number of halogens is 1. The van der Waals surface area contributed by atoms with E-state index in [-0.39, 0.29) is 18.4 Å². The Kier molecular flexibility index (Phi) is 5.15. The molecule has 1 aromatic carbocycles. The lowest BCUT2D eigenvalue weighted by molar-refractivity contribution is -0.142. The number of carbonyl (C=O) groups excluding carboxylic acids is 1. The number of esters is 1. The van der Waals surface area contributed by atoms with Crippen LogP contribution in [-0.2, 0) is 22.7 Å². The predicted molar refractivity (Wildman–Crippen MR) is 88.1 cm³/mol. The average Bonchev–Trinajstić information content (AvgIpc) is 3.02. The van der Waals surface area contributed by atoms with Gasteiger partial charge in [0.25, 0.3) is 0 Å². The summed E-state index contributed by atoms with van der Waals surface area (Å²) in [4.78, 5) is 15.4. The molecule has 0 spiro atoms. The van der Waals surface area contributed by atoms with Gasteiger partial charge in [0.1, 0.15) is 23.9 Å². The second kappa shape index (κ2) is 7.49. The Hall–Kier alpha value is -2.34. The minimum Gasteiger partial charge on any atom is -0.461 e. The van der Waals surface area contributed by atoms with Gasteiger partial charge < -0.3 is 14.1 Å². The molecule has 128 valence electrons. The Morgan fingerprint density at radius 2 is 1.75 bits per heavy atom. The number of anilines is 1. The molecular formula is C18H21FN2O3. The first-order valence-corrected chi connectivity index (χ1v) is 8.04. The molecule has 1 aliphatic heterocycles. The molecule has 0 aliphatic carbocycles. The van der Waals surface area contributed by atoms with Gasteiger partial charge in [0.15, 0.2) is 0 Å². The first-order chi connectivity index (χ1) is 11.6. The van der Waals surface area contributed by atoms with E-state index in [4.69, 9.17) is 9.15 Å². The summed E-state index contributed by atoms with van der Waals surface area (Å²) in [5.41, 5.74) is 1.05. The molecule has 0 unspecified atom stereocenters. The summed E-state index contributed by atoms with van der Waals surface area (Å²) in [5.74, 6) is 1.00. The highest BCUT2D eigenvalue weighted by Crippen LogP contribution is 2.18. The normalized spacial score (nSPS) is 15.5. The van der Waals surface area contributed by atoms with Crippen LogP contribution in [0, 0.1) is 5.82 Å². The Morgan fingerprint density at radius 1 is 1.08 bits per heavy atom. The largest absolute Gasteiger partial charge is 0.461 e. The third-order valence-electron chi connectivity index (χ3n) is 4.08. The highest BCUT2D eigenvalue weighted by Gasteiger charge is 2.18. The van der Waals surface area contributed by atoms with Crippen molar-refractivity contribution in [1.29, 1.82) is 0 Å². The summed E-state index contributed by atoms with van der Waals surface area (Å²) >= 11 is 0. The molecule has 5 nitrogen and oxygen atoms in total. The van der Waals surface area contributed by atoms with Crippen molar-refractivity contribution in [2.45, 2.75) is 20.1 Å². The molecular weight excluding hydrogens is 311 g/mol. The fraction of sp³-hybridized carbons (Fsp3) is 0.389. The molecule has 2 aromatic rings. The predicted octanol–water partition coefficient (Wildman–Crippen LogP) is 2.80. The number of hydrogen-bond donors (Lipinski definition) is 0. The van der Waals surface area contributed by atoms with Crippen molar-refractivity contribution < 1.29 is 18.3 Å². The smallest absolute Gasteiger partial charge is 0.303 e. The first-order valence-electron chi connectivity index (χ1n) is 8.04. The van der Waals surface area contributed by atoms with Crippen LogP contribution in [0.3, 0.4) is 0 Å². The van der Waals surface area contributed by atoms with Gasteiger partial charge in [0.2, 0.25) is 0 Å². The molecule has 0 saturated carbocycles. The second-order valence-corrected chi connectivity index (χ2v) is 5.89. The quantitative estimate of drug-likeness (QED) is 0.788. The maximum absolute atomic E-state index is 13.0. The van der Waals surface area contributed by atoms with E-state index in [9.17, 15) is 9.18 Å². The number of ether oxygens (including phenoxy) is 1. The standard InChI is InChI=1S/C18H21FN2O3/c1-14(22)23-13-18-7-6-17(24-18)12-20-8-10-21(11-9-20)16-4-2-15(19)3-5-16/h2-7H,8-13H2,1H3. The highest BCUT2D eigenvalue weighted by atomic mass is 19.1. The van der Waals surface area contributed by atoms with Crippen molar-refractivity contribution in [3.8, 4) is 0 Å². The maximum Gasteiger partial charge on any atom is 0.303 e. The summed E-state index contributed by atoms with van der Waals surface area (Å²) < 4.78 is 23.6. The van der Waals surface area contributed by atoms with Crippen molar-refractivity contribution in [2.75, 3.05) is 31.1 Å². The zero-order valence-electron chi connectivity index (χ0n) is 13.7. The van der Waals surface area contributed by atoms with Crippen molar-refractivity contribution in [2.24, 2.45) is 0 Å². The van der Waals surface area contributed by atoms with E-state index in [2.05, 4.69) is 9.80 Å². The Morgan fingerprint density at radius 3 is 2.42 bits per heavy atom. The Labute approximate surface area is 140 Å². The molecule has 0 radical (unpaired) electrons. The van der Waals surface area contributed by atoms with Gasteiger partial charge in [-0.05, 0) is 36.4 Å². The van der Waals surface area contributed by atoms with Crippen molar-refractivity contribution in [3.05, 3.63) is 53.7 Å². The van der Waals surface area contributed by atoms with E-state index in [1.807, 2.05) is 24.3 Å². The van der Waals surface area contributed by atoms with Gasteiger partial charge in [-0.25, -0.2) is 4.39 Å². The summed E-state index contributed by atoms with van der Waals surface area (Å²) in [5, 5.41) is 0. The summed E-state index contributed by atoms with van der Waals surface area (Å²) in [6.45, 7) is 5.91. The van der Waals surface area contributed by atoms with E-state index >= 15 is 0 Å². The zero-order valence-corrected chi connectivity index (χ0v) is 13.7. The minimum atomic E-state index is -0.315. The van der Waals surface area contributed by atoms with Gasteiger partial charge in [-0.1, -0.05) is 0 Å². The van der Waals surface area contributed by atoms with Crippen LogP contribution in [0.2, 0.25) is 0 Å². The molecule has 0 bridgehead atoms. The van der Waals surface area contributed by atoms with Gasteiger partial charge in [-0.2, -0.15) is 0 Å². The van der Waals surface area contributed by atoms with E-state index in [1.165, 1.54) is 19.1 Å². The topological polar surface area (TPSA) is 45.9 Å². The number of furan rings is 1. The van der Waals surface area contributed by atoms with Gasteiger partial charge in [0.05, 0.1) is 6.54 Å². The number of carbonyl (C=O) groups is 1. The Bertz CT molecular complexity index is 676. The lowest BCUT2D eigenvalue weighted by atomic mass is 10.2. The monoisotopic (exact) mass is 332 g/mol. The zero-order chi connectivity index (χ0) is 16.9. The van der Waals surface area contributed by atoms with Gasteiger partial charge in [-0.3, -0.25) is 9.69 Å². The number of benzene rings is 1. The molecule has 6 heteroatoms. The molecule has 2 heterocycles. The van der Waals surface area contributed by atoms with Crippen molar-refractivity contribution in [1.82, 2.24) is 4.90 Å². The van der Waals surface area contributed by atoms with Gasteiger partial charge in [0, 0.05) is 38.8 Å². The van der Waals surface area contributed by atoms with Crippen LogP contribution in [0.4, 0.5) is 10.1 Å². The number of hydrogen-bond acceptors (Lipinski definition) is 5. The molecule has 0 amide bonds. The fourth-order valence-corrected chi connectivity index (χ4v) is 2.79. The average molecular weight is 332 g/mol. The molecule has 0 atom stereocenters. The molecule has 1 aromatic heterocycles. The number of piperazine rings is 1. The van der Waals surface area contributed by atoms with Crippen LogP contribution in [0.5, 0.6) is 0 Å². The highest BCUT2D eigenvalue weighted by molar-refractivity contribution is 5.65. The van der Waals surface area contributed by atoms with Crippen LogP contribution in [0.1, 0.15) is 18.4 Å². The van der Waals surface area contributed by atoms with Crippen molar-refractivity contribution in [3.63, 3.8) is 0 Å². The SMILES string of the molecule is CC(=O)OCc1ccc(CN2CCN(c3ccc(F)cc3)CC2)o1. The van der Waals surface area contributed by atoms with Crippen LogP contribution < -0.4 is 4.90 Å². The third-order valence-corrected chi connectivity index (χ3v) is 4.08. The van der Waals surface area contributed by atoms with Gasteiger partial charge in [-0.15, -0.1) is 0 Å². The number of nitrogens with zero attached hydrogens (tertiary/aromatic N) is 2. The lowest BCUT2D eigenvalue weighted by Crippen LogP contribution is -2.45. The molecule has 1 saturated heterocycles. The van der Waals surface area contributed by atoms with Crippen molar-refractivity contribution >= 4 is 11.7 Å². The molecule has 1 fully saturated rings. The van der Waals surface area contributed by atoms with E-state index in [0.717, 1.165) is 44.2 Å². The summed E-state index contributed by atoms with van der Waals surface area (Å²) in [7, 11) is 0. The third kappa shape index (κ3) is 4.35. The van der Waals surface area contributed by atoms with E-state index in [0.29, 0.717) is 5.76 Å². The fourth-order valence-electron chi connectivity index (χ4n) is 2.79. The van der Waals surface area contributed by atoms with E-state index in [1.54, 1.807) is 0 Å². The molecule has 3 rings (SSSR count). The summed E-state index contributed by atoms with van der Waals surface area (Å²) in [6, 6.07) is 10.4. The molecule has 1 aliphatic rings. The first kappa shape index (κ1) is 16.5.